The Labute approximate surface area is 199 Å². The van der Waals surface area contributed by atoms with Crippen LogP contribution in [-0.4, -0.2) is 57.8 Å². The van der Waals surface area contributed by atoms with E-state index in [0.717, 1.165) is 29.7 Å². The first-order chi connectivity index (χ1) is 16.4. The first-order valence-electron chi connectivity index (χ1n) is 12.0. The zero-order valence-electron chi connectivity index (χ0n) is 19.9. The molecule has 4 N–H and O–H groups in total. The number of benzene rings is 1. The smallest absolute Gasteiger partial charge is 0.244 e. The number of aryl methyl sites for hydroxylation is 1. The molecular weight excluding hydrogens is 434 g/mol. The monoisotopic (exact) mass is 467 g/mol. The molecule has 0 fully saturated rings. The van der Waals surface area contributed by atoms with Gasteiger partial charge in [0.25, 0.3) is 0 Å². The van der Waals surface area contributed by atoms with Gasteiger partial charge in [0.1, 0.15) is 11.7 Å². The lowest BCUT2D eigenvalue weighted by Gasteiger charge is -2.30. The number of carbonyl (C=O) groups is 3. The summed E-state index contributed by atoms with van der Waals surface area (Å²) < 4.78 is 0. The lowest BCUT2D eigenvalue weighted by atomic mass is 9.98. The standard InChI is InChI=1S/C24H33N7O3/c1-4-14(2)20(28-15(3)32)13-25-19-9-8-16-6-5-7-17-10-21(31(22(16)17)24(19)34)23(33)26-11-18-12-27-30-29-18/h5-7,12,14,19-21,25H,4,8-11,13H2,1-3H3,(H,26,33)(H,28,32)(H,27,29,30)/t14-,19-,20+,21-/m0/s1. The number of hydrogen-bond donors (Lipinski definition) is 4. The first kappa shape index (κ1) is 23.9. The van der Waals surface area contributed by atoms with Crippen LogP contribution in [0.3, 0.4) is 0 Å². The van der Waals surface area contributed by atoms with Gasteiger partial charge in [0, 0.05) is 32.1 Å². The van der Waals surface area contributed by atoms with Crippen LogP contribution in [0.2, 0.25) is 0 Å². The van der Waals surface area contributed by atoms with Crippen molar-refractivity contribution >= 4 is 23.4 Å². The topological polar surface area (TPSA) is 132 Å². The van der Waals surface area contributed by atoms with Gasteiger partial charge in [-0.25, -0.2) is 0 Å². The zero-order valence-corrected chi connectivity index (χ0v) is 19.9. The minimum absolute atomic E-state index is 0.0726. The number of H-pyrrole nitrogens is 1. The van der Waals surface area contributed by atoms with Crippen molar-refractivity contribution < 1.29 is 14.4 Å². The molecule has 1 aromatic heterocycles. The average Bonchev–Trinajstić information content (AvgIpc) is 3.45. The Balaban J connectivity index is 1.52. The average molecular weight is 468 g/mol. The lowest BCUT2D eigenvalue weighted by Crippen LogP contribution is -2.55. The van der Waals surface area contributed by atoms with E-state index in [2.05, 4.69) is 45.2 Å². The zero-order chi connectivity index (χ0) is 24.2. The van der Waals surface area contributed by atoms with Crippen LogP contribution >= 0.6 is 0 Å². The van der Waals surface area contributed by atoms with Crippen molar-refractivity contribution in [3.05, 3.63) is 41.2 Å². The first-order valence-corrected chi connectivity index (χ1v) is 12.0. The Bertz CT molecular complexity index is 1040. The molecule has 10 nitrogen and oxygen atoms in total. The van der Waals surface area contributed by atoms with E-state index in [4.69, 9.17) is 0 Å². The summed E-state index contributed by atoms with van der Waals surface area (Å²) in [6, 6.07) is 4.90. The third-order valence-electron chi connectivity index (χ3n) is 6.92. The predicted octanol–water partition coefficient (Wildman–Crippen LogP) is 0.834. The van der Waals surface area contributed by atoms with Crippen molar-refractivity contribution in [1.82, 2.24) is 31.4 Å². The molecule has 182 valence electrons. The van der Waals surface area contributed by atoms with E-state index in [1.165, 1.54) is 6.92 Å². The molecule has 0 unspecified atom stereocenters. The second-order valence-electron chi connectivity index (χ2n) is 9.23. The van der Waals surface area contributed by atoms with Crippen LogP contribution in [0.15, 0.2) is 24.4 Å². The van der Waals surface area contributed by atoms with Crippen molar-refractivity contribution in [3.63, 3.8) is 0 Å². The molecule has 3 heterocycles. The van der Waals surface area contributed by atoms with E-state index in [-0.39, 0.29) is 36.2 Å². The number of nitrogens with one attached hydrogen (secondary N) is 4. The third-order valence-corrected chi connectivity index (χ3v) is 6.92. The summed E-state index contributed by atoms with van der Waals surface area (Å²) in [6.45, 7) is 6.42. The fraction of sp³-hybridized carbons (Fsp3) is 0.542. The fourth-order valence-corrected chi connectivity index (χ4v) is 4.85. The largest absolute Gasteiger partial charge is 0.352 e. The number of rotatable bonds is 9. The summed E-state index contributed by atoms with van der Waals surface area (Å²) in [5.74, 6) is -0.131. The van der Waals surface area contributed by atoms with Crippen molar-refractivity contribution in [2.75, 3.05) is 11.4 Å². The minimum Gasteiger partial charge on any atom is -0.352 e. The van der Waals surface area contributed by atoms with Crippen molar-refractivity contribution in [3.8, 4) is 0 Å². The molecule has 0 spiro atoms. The summed E-state index contributed by atoms with van der Waals surface area (Å²) >= 11 is 0. The maximum Gasteiger partial charge on any atom is 0.244 e. The Morgan fingerprint density at radius 2 is 2.09 bits per heavy atom. The molecular formula is C24H33N7O3. The molecule has 0 aliphatic carbocycles. The maximum absolute atomic E-state index is 13.8. The molecule has 3 amide bonds. The van der Waals surface area contributed by atoms with Crippen LogP contribution in [0.5, 0.6) is 0 Å². The molecule has 4 rings (SSSR count). The van der Waals surface area contributed by atoms with Crippen LogP contribution in [0.25, 0.3) is 0 Å². The van der Waals surface area contributed by atoms with Gasteiger partial charge in [-0.3, -0.25) is 24.4 Å². The second-order valence-corrected chi connectivity index (χ2v) is 9.23. The van der Waals surface area contributed by atoms with Gasteiger partial charge in [-0.05, 0) is 29.9 Å². The molecule has 34 heavy (non-hydrogen) atoms. The summed E-state index contributed by atoms with van der Waals surface area (Å²) in [4.78, 5) is 40.3. The second kappa shape index (κ2) is 10.3. The highest BCUT2D eigenvalue weighted by Gasteiger charge is 2.43. The molecule has 0 saturated carbocycles. The van der Waals surface area contributed by atoms with E-state index in [1.807, 2.05) is 18.2 Å². The molecule has 0 saturated heterocycles. The summed E-state index contributed by atoms with van der Waals surface area (Å²) in [7, 11) is 0. The summed E-state index contributed by atoms with van der Waals surface area (Å²) in [6.07, 6.45) is 4.39. The number of aromatic amines is 1. The number of nitrogens with zero attached hydrogens (tertiary/aromatic N) is 3. The van der Waals surface area contributed by atoms with E-state index < -0.39 is 12.1 Å². The van der Waals surface area contributed by atoms with Crippen LogP contribution in [-0.2, 0) is 33.8 Å². The van der Waals surface area contributed by atoms with Crippen LogP contribution in [0, 0.1) is 5.92 Å². The van der Waals surface area contributed by atoms with Gasteiger partial charge in [-0.1, -0.05) is 43.7 Å². The Hall–Kier alpha value is -3.27. The summed E-state index contributed by atoms with van der Waals surface area (Å²) in [5, 5.41) is 19.5. The van der Waals surface area contributed by atoms with E-state index in [0.29, 0.717) is 25.1 Å². The van der Waals surface area contributed by atoms with Gasteiger partial charge >= 0.3 is 0 Å². The van der Waals surface area contributed by atoms with Crippen molar-refractivity contribution in [1.29, 1.82) is 0 Å². The molecule has 2 aromatic rings. The van der Waals surface area contributed by atoms with Crippen LogP contribution in [0.4, 0.5) is 5.69 Å². The highest BCUT2D eigenvalue weighted by molar-refractivity contribution is 6.06. The molecule has 1 aromatic carbocycles. The fourth-order valence-electron chi connectivity index (χ4n) is 4.85. The van der Waals surface area contributed by atoms with Gasteiger partial charge in [0.05, 0.1) is 18.3 Å². The van der Waals surface area contributed by atoms with Gasteiger partial charge in [0.15, 0.2) is 0 Å². The number of carbonyl (C=O) groups excluding carboxylic acids is 3. The van der Waals surface area contributed by atoms with Gasteiger partial charge in [-0.2, -0.15) is 0 Å². The molecule has 4 atom stereocenters. The highest BCUT2D eigenvalue weighted by Crippen LogP contribution is 2.39. The van der Waals surface area contributed by atoms with Crippen molar-refractivity contribution in [2.24, 2.45) is 5.92 Å². The lowest BCUT2D eigenvalue weighted by molar-refractivity contribution is -0.127. The molecule has 0 radical (unpaired) electrons. The van der Waals surface area contributed by atoms with E-state index in [1.54, 1.807) is 11.1 Å². The SMILES string of the molecule is CC[C@H](C)[C@@H](CN[C@H]1CCc2cccc3c2N(C1=O)[C@H](C(=O)NCc1c[nH]nn1)C3)NC(C)=O. The third kappa shape index (κ3) is 4.96. The molecule has 0 bridgehead atoms. The Morgan fingerprint density at radius 1 is 1.29 bits per heavy atom. The Morgan fingerprint density at radius 3 is 2.79 bits per heavy atom. The molecule has 2 aliphatic rings. The van der Waals surface area contributed by atoms with E-state index in [9.17, 15) is 14.4 Å². The van der Waals surface area contributed by atoms with Crippen LogP contribution < -0.4 is 20.9 Å². The number of aromatic nitrogens is 3. The van der Waals surface area contributed by atoms with Gasteiger partial charge in [-0.15, -0.1) is 5.10 Å². The quantitative estimate of drug-likeness (QED) is 0.432. The Kier molecular flexibility index (Phi) is 7.26. The predicted molar refractivity (Wildman–Crippen MR) is 127 cm³/mol. The minimum atomic E-state index is -0.612. The van der Waals surface area contributed by atoms with Gasteiger partial charge in [0.2, 0.25) is 17.7 Å². The molecule has 10 heteroatoms. The van der Waals surface area contributed by atoms with E-state index >= 15 is 0 Å². The van der Waals surface area contributed by atoms with Gasteiger partial charge < -0.3 is 16.0 Å². The number of anilines is 1. The normalized spacial score (nSPS) is 20.9. The van der Waals surface area contributed by atoms with Crippen LogP contribution in [0.1, 0.15) is 50.4 Å². The maximum atomic E-state index is 13.8. The van der Waals surface area contributed by atoms with Crippen molar-refractivity contribution in [2.45, 2.75) is 71.1 Å². The number of para-hydroxylation sites is 1. The number of hydrogen-bond acceptors (Lipinski definition) is 6. The number of amides is 3. The molecule has 2 aliphatic heterocycles. The summed E-state index contributed by atoms with van der Waals surface area (Å²) in [5.41, 5.74) is 3.60. The highest BCUT2D eigenvalue weighted by atomic mass is 16.2.